The molecule has 0 saturated carbocycles. The average Bonchev–Trinajstić information content (AvgIpc) is 2.19. The first-order chi connectivity index (χ1) is 7.26. The molecule has 0 fully saturated rings. The molecule has 1 rings (SSSR count). The van der Waals surface area contributed by atoms with Crippen molar-refractivity contribution in [1.29, 1.82) is 0 Å². The third-order valence-corrected chi connectivity index (χ3v) is 3.13. The number of pyridine rings is 1. The lowest BCUT2D eigenvalue weighted by atomic mass is 10.3. The van der Waals surface area contributed by atoms with E-state index in [4.69, 9.17) is 5.11 Å². The van der Waals surface area contributed by atoms with Crippen molar-refractivity contribution in [2.75, 3.05) is 18.5 Å². The van der Waals surface area contributed by atoms with Crippen LogP contribution in [0.2, 0.25) is 0 Å². The predicted octanol–water partition coefficient (Wildman–Crippen LogP) is 2.38. The second kappa shape index (κ2) is 6.69. The molecule has 0 aliphatic rings. The zero-order valence-electron chi connectivity index (χ0n) is 9.23. The van der Waals surface area contributed by atoms with Crippen molar-refractivity contribution >= 4 is 17.6 Å². The van der Waals surface area contributed by atoms with Gasteiger partial charge in [-0.3, -0.25) is 0 Å². The molecule has 1 atom stereocenters. The van der Waals surface area contributed by atoms with Crippen molar-refractivity contribution in [3.05, 3.63) is 18.3 Å². The van der Waals surface area contributed by atoms with Crippen LogP contribution in [0, 0.1) is 0 Å². The van der Waals surface area contributed by atoms with Gasteiger partial charge in [0.15, 0.2) is 0 Å². The highest BCUT2D eigenvalue weighted by Crippen LogP contribution is 2.25. The number of aliphatic hydroxyl groups is 1. The summed E-state index contributed by atoms with van der Waals surface area (Å²) in [5, 5.41) is 12.4. The van der Waals surface area contributed by atoms with Crippen LogP contribution in [0.15, 0.2) is 23.2 Å². The van der Waals surface area contributed by atoms with E-state index in [0.717, 1.165) is 18.8 Å². The number of nitrogens with zero attached hydrogens (tertiary/aromatic N) is 1. The van der Waals surface area contributed by atoms with Crippen molar-refractivity contribution in [3.8, 4) is 0 Å². The molecule has 1 heterocycles. The molecular weight excluding hydrogens is 208 g/mol. The van der Waals surface area contributed by atoms with Gasteiger partial charge >= 0.3 is 0 Å². The number of hydrogen-bond donors (Lipinski definition) is 2. The molecule has 15 heavy (non-hydrogen) atoms. The van der Waals surface area contributed by atoms with Gasteiger partial charge in [-0.05, 0) is 25.5 Å². The summed E-state index contributed by atoms with van der Waals surface area (Å²) in [7, 11) is 0. The normalized spacial score (nSPS) is 12.5. The fourth-order valence-electron chi connectivity index (χ4n) is 1.24. The first-order valence-corrected chi connectivity index (χ1v) is 6.11. The summed E-state index contributed by atoms with van der Waals surface area (Å²) in [5.74, 6) is 0.915. The SMILES string of the molecule is CCNc1cc(SC(C)CCO)ccn1. The summed E-state index contributed by atoms with van der Waals surface area (Å²) in [6.45, 7) is 5.30. The van der Waals surface area contributed by atoms with E-state index in [0.29, 0.717) is 5.25 Å². The Labute approximate surface area is 95.3 Å². The maximum absolute atomic E-state index is 8.82. The van der Waals surface area contributed by atoms with Crippen molar-refractivity contribution < 1.29 is 5.11 Å². The summed E-state index contributed by atoms with van der Waals surface area (Å²) in [5.41, 5.74) is 0. The van der Waals surface area contributed by atoms with Crippen LogP contribution in [-0.4, -0.2) is 28.5 Å². The molecule has 0 bridgehead atoms. The quantitative estimate of drug-likeness (QED) is 0.731. The van der Waals surface area contributed by atoms with E-state index >= 15 is 0 Å². The number of aliphatic hydroxyl groups excluding tert-OH is 1. The van der Waals surface area contributed by atoms with E-state index in [1.54, 1.807) is 11.8 Å². The van der Waals surface area contributed by atoms with E-state index in [1.165, 1.54) is 4.90 Å². The fraction of sp³-hybridized carbons (Fsp3) is 0.545. The number of hydrogen-bond acceptors (Lipinski definition) is 4. The topological polar surface area (TPSA) is 45.1 Å². The second-order valence-corrected chi connectivity index (χ2v) is 4.86. The smallest absolute Gasteiger partial charge is 0.126 e. The van der Waals surface area contributed by atoms with Crippen LogP contribution in [0.3, 0.4) is 0 Å². The maximum Gasteiger partial charge on any atom is 0.126 e. The van der Waals surface area contributed by atoms with Crippen molar-refractivity contribution in [2.45, 2.75) is 30.4 Å². The van der Waals surface area contributed by atoms with Crippen LogP contribution in [0.1, 0.15) is 20.3 Å². The van der Waals surface area contributed by atoms with E-state index in [9.17, 15) is 0 Å². The molecule has 2 N–H and O–H groups in total. The van der Waals surface area contributed by atoms with E-state index < -0.39 is 0 Å². The number of aromatic nitrogens is 1. The molecule has 3 nitrogen and oxygen atoms in total. The summed E-state index contributed by atoms with van der Waals surface area (Å²) in [6.07, 6.45) is 2.63. The Morgan fingerprint density at radius 2 is 2.40 bits per heavy atom. The molecule has 0 aliphatic carbocycles. The Kier molecular flexibility index (Phi) is 5.50. The van der Waals surface area contributed by atoms with Crippen LogP contribution < -0.4 is 5.32 Å². The summed E-state index contributed by atoms with van der Waals surface area (Å²) in [6, 6.07) is 4.04. The summed E-state index contributed by atoms with van der Waals surface area (Å²) in [4.78, 5) is 5.40. The standard InChI is InChI=1S/C11H18N2OS/c1-3-12-11-8-10(4-6-13-11)15-9(2)5-7-14/h4,6,8-9,14H,3,5,7H2,1-2H3,(H,12,13). The highest BCUT2D eigenvalue weighted by molar-refractivity contribution is 7.99. The Balaban J connectivity index is 2.56. The molecule has 0 spiro atoms. The minimum absolute atomic E-state index is 0.249. The molecule has 0 amide bonds. The van der Waals surface area contributed by atoms with Gasteiger partial charge in [-0.1, -0.05) is 6.92 Å². The largest absolute Gasteiger partial charge is 0.396 e. The molecule has 0 radical (unpaired) electrons. The molecule has 0 aromatic carbocycles. The highest BCUT2D eigenvalue weighted by Gasteiger charge is 2.04. The third kappa shape index (κ3) is 4.53. The zero-order valence-corrected chi connectivity index (χ0v) is 10.0. The molecule has 1 aromatic heterocycles. The predicted molar refractivity (Wildman–Crippen MR) is 65.4 cm³/mol. The zero-order chi connectivity index (χ0) is 11.1. The van der Waals surface area contributed by atoms with Crippen LogP contribution in [-0.2, 0) is 0 Å². The minimum atomic E-state index is 0.249. The molecular formula is C11H18N2OS. The summed E-state index contributed by atoms with van der Waals surface area (Å²) < 4.78 is 0. The Bertz CT molecular complexity index is 294. The Morgan fingerprint density at radius 1 is 1.60 bits per heavy atom. The van der Waals surface area contributed by atoms with Gasteiger partial charge in [0, 0.05) is 29.5 Å². The minimum Gasteiger partial charge on any atom is -0.396 e. The Hall–Kier alpha value is -0.740. The highest BCUT2D eigenvalue weighted by atomic mass is 32.2. The lowest BCUT2D eigenvalue weighted by Crippen LogP contribution is -2.01. The maximum atomic E-state index is 8.82. The van der Waals surface area contributed by atoms with Gasteiger partial charge in [0.1, 0.15) is 5.82 Å². The second-order valence-electron chi connectivity index (χ2n) is 3.35. The van der Waals surface area contributed by atoms with Gasteiger partial charge in [-0.2, -0.15) is 0 Å². The van der Waals surface area contributed by atoms with Crippen LogP contribution in [0.4, 0.5) is 5.82 Å². The number of thioether (sulfide) groups is 1. The monoisotopic (exact) mass is 226 g/mol. The molecule has 0 saturated heterocycles. The fourth-order valence-corrected chi connectivity index (χ4v) is 2.24. The van der Waals surface area contributed by atoms with Crippen molar-refractivity contribution in [3.63, 3.8) is 0 Å². The van der Waals surface area contributed by atoms with Gasteiger partial charge in [-0.15, -0.1) is 11.8 Å². The van der Waals surface area contributed by atoms with Gasteiger partial charge in [0.25, 0.3) is 0 Å². The first-order valence-electron chi connectivity index (χ1n) is 5.23. The molecule has 1 aromatic rings. The van der Waals surface area contributed by atoms with E-state index in [1.807, 2.05) is 18.3 Å². The van der Waals surface area contributed by atoms with Crippen LogP contribution in [0.25, 0.3) is 0 Å². The van der Waals surface area contributed by atoms with E-state index in [-0.39, 0.29) is 6.61 Å². The van der Waals surface area contributed by atoms with Gasteiger partial charge in [-0.25, -0.2) is 4.98 Å². The molecule has 1 unspecified atom stereocenters. The lowest BCUT2D eigenvalue weighted by Gasteiger charge is -2.10. The number of nitrogens with one attached hydrogen (secondary N) is 1. The third-order valence-electron chi connectivity index (χ3n) is 1.96. The van der Waals surface area contributed by atoms with Gasteiger partial charge < -0.3 is 10.4 Å². The van der Waals surface area contributed by atoms with Crippen molar-refractivity contribution in [2.24, 2.45) is 0 Å². The molecule has 0 aliphatic heterocycles. The molecule has 84 valence electrons. The average molecular weight is 226 g/mol. The van der Waals surface area contributed by atoms with Crippen molar-refractivity contribution in [1.82, 2.24) is 4.98 Å². The van der Waals surface area contributed by atoms with Crippen LogP contribution in [0.5, 0.6) is 0 Å². The molecule has 4 heteroatoms. The number of anilines is 1. The lowest BCUT2D eigenvalue weighted by molar-refractivity contribution is 0.289. The van der Waals surface area contributed by atoms with Crippen LogP contribution >= 0.6 is 11.8 Å². The van der Waals surface area contributed by atoms with E-state index in [2.05, 4.69) is 24.1 Å². The first kappa shape index (κ1) is 12.3. The number of rotatable bonds is 6. The summed E-state index contributed by atoms with van der Waals surface area (Å²) >= 11 is 1.77. The Morgan fingerprint density at radius 3 is 3.07 bits per heavy atom. The van der Waals surface area contributed by atoms with Gasteiger partial charge in [0.05, 0.1) is 0 Å². The van der Waals surface area contributed by atoms with Gasteiger partial charge in [0.2, 0.25) is 0 Å².